The van der Waals surface area contributed by atoms with E-state index in [4.69, 9.17) is 0 Å². The zero-order valence-corrected chi connectivity index (χ0v) is 12.3. The van der Waals surface area contributed by atoms with E-state index in [1.54, 1.807) is 12.3 Å². The second kappa shape index (κ2) is 9.08. The lowest BCUT2D eigenvalue weighted by atomic mass is 10.1. The summed E-state index contributed by atoms with van der Waals surface area (Å²) < 4.78 is 0. The maximum atomic E-state index is 11.4. The first kappa shape index (κ1) is 17.1. The van der Waals surface area contributed by atoms with Crippen molar-refractivity contribution in [3.8, 4) is 0 Å². The smallest absolute Gasteiger partial charge is 0.244 e. The molecule has 1 aromatic rings. The first-order valence-electron chi connectivity index (χ1n) is 6.49. The van der Waals surface area contributed by atoms with Crippen molar-refractivity contribution >= 4 is 17.6 Å². The van der Waals surface area contributed by atoms with E-state index in [9.17, 15) is 9.59 Å². The van der Waals surface area contributed by atoms with Gasteiger partial charge in [0.05, 0.1) is 6.54 Å². The molecule has 0 aromatic carbocycles. The fourth-order valence-corrected chi connectivity index (χ4v) is 1.21. The molecule has 0 aliphatic carbocycles. The second-order valence-corrected chi connectivity index (χ2v) is 4.09. The van der Waals surface area contributed by atoms with E-state index in [0.29, 0.717) is 11.7 Å². The van der Waals surface area contributed by atoms with Crippen molar-refractivity contribution in [2.45, 2.75) is 40.5 Å². The minimum atomic E-state index is -0.287. The van der Waals surface area contributed by atoms with Crippen molar-refractivity contribution in [1.29, 1.82) is 0 Å². The van der Waals surface area contributed by atoms with Gasteiger partial charge in [-0.3, -0.25) is 9.59 Å². The van der Waals surface area contributed by atoms with E-state index in [0.717, 1.165) is 5.56 Å². The molecule has 2 amide bonds. The summed E-state index contributed by atoms with van der Waals surface area (Å²) in [6.07, 6.45) is 1.73. The monoisotopic (exact) mass is 265 g/mol. The van der Waals surface area contributed by atoms with Gasteiger partial charge in [-0.15, -0.1) is 0 Å². The van der Waals surface area contributed by atoms with Crippen LogP contribution in [0.4, 0.5) is 5.82 Å². The molecule has 0 spiro atoms. The average Bonchev–Trinajstić information content (AvgIpc) is 2.39. The van der Waals surface area contributed by atoms with Crippen molar-refractivity contribution < 1.29 is 9.59 Å². The van der Waals surface area contributed by atoms with Gasteiger partial charge in [-0.25, -0.2) is 4.98 Å². The Labute approximate surface area is 114 Å². The second-order valence-electron chi connectivity index (χ2n) is 4.09. The van der Waals surface area contributed by atoms with E-state index >= 15 is 0 Å². The summed E-state index contributed by atoms with van der Waals surface area (Å²) in [6.45, 7) is 9.48. The highest BCUT2D eigenvalue weighted by Gasteiger charge is 2.04. The van der Waals surface area contributed by atoms with Gasteiger partial charge in [0.1, 0.15) is 5.82 Å². The molecule has 1 rings (SSSR count). The predicted molar refractivity (Wildman–Crippen MR) is 77.0 cm³/mol. The summed E-state index contributed by atoms with van der Waals surface area (Å²) in [4.78, 5) is 26.1. The number of nitrogens with zero attached hydrogens (tertiary/aromatic N) is 1. The molecular formula is C14H23N3O2. The van der Waals surface area contributed by atoms with E-state index < -0.39 is 0 Å². The van der Waals surface area contributed by atoms with Gasteiger partial charge in [-0.2, -0.15) is 0 Å². The molecule has 0 aliphatic rings. The first-order valence-corrected chi connectivity index (χ1v) is 6.49. The van der Waals surface area contributed by atoms with Crippen LogP contribution in [-0.4, -0.2) is 23.3 Å². The number of carbonyl (C=O) groups is 2. The maximum Gasteiger partial charge on any atom is 0.244 e. The van der Waals surface area contributed by atoms with Crippen molar-refractivity contribution in [1.82, 2.24) is 10.3 Å². The minimum Gasteiger partial charge on any atom is -0.347 e. The maximum absolute atomic E-state index is 11.4. The van der Waals surface area contributed by atoms with Crippen LogP contribution in [-0.2, 0) is 9.59 Å². The van der Waals surface area contributed by atoms with Crippen LogP contribution in [0, 0.1) is 0 Å². The number of hydrogen-bond donors (Lipinski definition) is 2. The van der Waals surface area contributed by atoms with E-state index in [2.05, 4.69) is 29.5 Å². The Morgan fingerprint density at radius 3 is 2.32 bits per heavy atom. The summed E-state index contributed by atoms with van der Waals surface area (Å²) in [5.41, 5.74) is 1.12. The van der Waals surface area contributed by atoms with Gasteiger partial charge in [0.2, 0.25) is 11.8 Å². The summed E-state index contributed by atoms with van der Waals surface area (Å²) in [5, 5.41) is 5.02. The number of nitrogens with one attached hydrogen (secondary N) is 2. The van der Waals surface area contributed by atoms with Gasteiger partial charge in [0, 0.05) is 13.1 Å². The molecule has 1 heterocycles. The number of amides is 2. The Morgan fingerprint density at radius 2 is 1.89 bits per heavy atom. The molecule has 0 aliphatic heterocycles. The largest absolute Gasteiger partial charge is 0.347 e. The summed E-state index contributed by atoms with van der Waals surface area (Å²) >= 11 is 0. The zero-order valence-electron chi connectivity index (χ0n) is 12.3. The number of rotatable bonds is 4. The molecule has 106 valence electrons. The predicted octanol–water partition coefficient (Wildman–Crippen LogP) is 2.31. The highest BCUT2D eigenvalue weighted by Crippen LogP contribution is 2.14. The normalized spacial score (nSPS) is 9.37. The van der Waals surface area contributed by atoms with Crippen LogP contribution in [0.25, 0.3) is 0 Å². The minimum absolute atomic E-state index is 0.0387. The van der Waals surface area contributed by atoms with Gasteiger partial charge in [-0.05, 0) is 17.5 Å². The fraction of sp³-hybridized carbons (Fsp3) is 0.500. The molecule has 0 unspecified atom stereocenters. The summed E-state index contributed by atoms with van der Waals surface area (Å²) in [7, 11) is 0. The van der Waals surface area contributed by atoms with Crippen molar-refractivity contribution in [2.75, 3.05) is 11.9 Å². The van der Waals surface area contributed by atoms with Crippen LogP contribution in [0.2, 0.25) is 0 Å². The Morgan fingerprint density at radius 1 is 1.26 bits per heavy atom. The summed E-state index contributed by atoms with van der Waals surface area (Å²) in [5.74, 6) is 0.379. The lowest BCUT2D eigenvalue weighted by Crippen LogP contribution is -2.31. The quantitative estimate of drug-likeness (QED) is 0.877. The van der Waals surface area contributed by atoms with Crippen LogP contribution in [0.1, 0.15) is 46.1 Å². The molecule has 0 radical (unpaired) electrons. The lowest BCUT2D eigenvalue weighted by molar-refractivity contribution is -0.122. The number of aromatic nitrogens is 1. The van der Waals surface area contributed by atoms with Crippen LogP contribution in [0.15, 0.2) is 18.3 Å². The molecule has 5 heteroatoms. The van der Waals surface area contributed by atoms with Crippen molar-refractivity contribution in [2.24, 2.45) is 0 Å². The van der Waals surface area contributed by atoms with Crippen molar-refractivity contribution in [3.63, 3.8) is 0 Å². The molecule has 2 N–H and O–H groups in total. The molecule has 0 fully saturated rings. The van der Waals surface area contributed by atoms with Gasteiger partial charge in [0.25, 0.3) is 0 Å². The van der Waals surface area contributed by atoms with Crippen LogP contribution in [0.3, 0.4) is 0 Å². The molecule has 0 saturated heterocycles. The van der Waals surface area contributed by atoms with Gasteiger partial charge in [0.15, 0.2) is 0 Å². The third-order valence-electron chi connectivity index (χ3n) is 2.22. The van der Waals surface area contributed by atoms with E-state index in [-0.39, 0.29) is 18.4 Å². The van der Waals surface area contributed by atoms with Gasteiger partial charge in [-0.1, -0.05) is 33.8 Å². The van der Waals surface area contributed by atoms with Crippen molar-refractivity contribution in [3.05, 3.63) is 23.9 Å². The number of anilines is 1. The Balaban J connectivity index is 0.00000154. The van der Waals surface area contributed by atoms with Gasteiger partial charge < -0.3 is 10.6 Å². The number of hydrogen-bond acceptors (Lipinski definition) is 3. The van der Waals surface area contributed by atoms with E-state index in [1.165, 1.54) is 6.92 Å². The van der Waals surface area contributed by atoms with Crippen LogP contribution in [0.5, 0.6) is 0 Å². The molecule has 0 atom stereocenters. The molecular weight excluding hydrogens is 242 g/mol. The molecule has 0 saturated carbocycles. The topological polar surface area (TPSA) is 71.1 Å². The van der Waals surface area contributed by atoms with Crippen LogP contribution >= 0.6 is 0 Å². The lowest BCUT2D eigenvalue weighted by Gasteiger charge is -2.07. The molecule has 0 bridgehead atoms. The van der Waals surface area contributed by atoms with E-state index in [1.807, 2.05) is 19.9 Å². The average molecular weight is 265 g/mol. The number of pyridine rings is 1. The third kappa shape index (κ3) is 7.18. The summed E-state index contributed by atoms with van der Waals surface area (Å²) in [6, 6.07) is 3.67. The standard InChI is InChI=1S/C12H17N3O2.C2H6/c1-8(2)10-4-5-11(14-6-10)15-12(17)7-13-9(3)16;1-2/h4-6,8H,7H2,1-3H3,(H,13,16)(H,14,15,17);1-2H3. The molecule has 1 aromatic heterocycles. The first-order chi connectivity index (χ1) is 8.99. The zero-order chi connectivity index (χ0) is 14.8. The molecule has 5 nitrogen and oxygen atoms in total. The molecule has 19 heavy (non-hydrogen) atoms. The third-order valence-corrected chi connectivity index (χ3v) is 2.22. The van der Waals surface area contributed by atoms with Crippen LogP contribution < -0.4 is 10.6 Å². The highest BCUT2D eigenvalue weighted by molar-refractivity contribution is 5.93. The Kier molecular flexibility index (Phi) is 8.17. The van der Waals surface area contributed by atoms with Gasteiger partial charge >= 0.3 is 0 Å². The fourth-order valence-electron chi connectivity index (χ4n) is 1.21. The SMILES string of the molecule is CC.CC(=O)NCC(=O)Nc1ccc(C(C)C)cn1. The number of carbonyl (C=O) groups excluding carboxylic acids is 2. The Bertz CT molecular complexity index is 400. The Hall–Kier alpha value is -1.91. The highest BCUT2D eigenvalue weighted by atomic mass is 16.2.